The largest absolute Gasteiger partial charge is 0.495 e. The number of nitrogens with one attached hydrogen (secondary N) is 1. The van der Waals surface area contributed by atoms with Gasteiger partial charge in [0.1, 0.15) is 12.3 Å². The van der Waals surface area contributed by atoms with Gasteiger partial charge in [-0.15, -0.1) is 0 Å². The summed E-state index contributed by atoms with van der Waals surface area (Å²) in [5.74, 6) is -0.0906. The molecule has 0 saturated heterocycles. The zero-order valence-corrected chi connectivity index (χ0v) is 14.3. The minimum absolute atomic E-state index is 0.102. The lowest BCUT2D eigenvalue weighted by molar-refractivity contribution is -0.135. The molecule has 0 fully saturated rings. The Morgan fingerprint density at radius 3 is 2.56 bits per heavy atom. The number of para-hydroxylation sites is 2. The Hall–Kier alpha value is -3.09. The maximum absolute atomic E-state index is 12.4. The lowest BCUT2D eigenvalue weighted by Gasteiger charge is -2.21. The molecular formula is C18H21N3O4. The van der Waals surface area contributed by atoms with Crippen molar-refractivity contribution in [2.45, 2.75) is 13.5 Å². The van der Waals surface area contributed by atoms with Gasteiger partial charge < -0.3 is 19.5 Å². The number of carbonyl (C=O) groups excluding carboxylic acids is 2. The van der Waals surface area contributed by atoms with E-state index >= 15 is 0 Å². The Balaban J connectivity index is 2.01. The summed E-state index contributed by atoms with van der Waals surface area (Å²) in [6.45, 7) is 1.94. The van der Waals surface area contributed by atoms with E-state index < -0.39 is 0 Å². The molecule has 0 bridgehead atoms. The van der Waals surface area contributed by atoms with Crippen LogP contribution in [0.1, 0.15) is 6.92 Å². The van der Waals surface area contributed by atoms with Gasteiger partial charge >= 0.3 is 0 Å². The molecule has 7 heteroatoms. The fourth-order valence-electron chi connectivity index (χ4n) is 2.32. The Morgan fingerprint density at radius 2 is 1.88 bits per heavy atom. The van der Waals surface area contributed by atoms with Gasteiger partial charge in [-0.1, -0.05) is 18.2 Å². The third kappa shape index (κ3) is 4.94. The molecule has 25 heavy (non-hydrogen) atoms. The van der Waals surface area contributed by atoms with Gasteiger partial charge in [0.15, 0.2) is 0 Å². The average Bonchev–Trinajstić information content (AvgIpc) is 2.62. The Labute approximate surface area is 145 Å². The number of rotatable bonds is 7. The third-order valence-corrected chi connectivity index (χ3v) is 3.65. The number of ether oxygens (including phenoxy) is 1. The molecule has 1 aromatic carbocycles. The minimum atomic E-state index is -0.333. The van der Waals surface area contributed by atoms with Crippen LogP contribution in [0.25, 0.3) is 0 Å². The number of likely N-dealkylation sites (N-methyl/N-ethyl adjacent to an activating group) is 1. The Bertz CT molecular complexity index is 801. The second-order valence-electron chi connectivity index (χ2n) is 5.32. The summed E-state index contributed by atoms with van der Waals surface area (Å²) in [6.07, 6.45) is 1.54. The maximum atomic E-state index is 12.4. The van der Waals surface area contributed by atoms with Crippen LogP contribution in [0, 0.1) is 0 Å². The number of anilines is 1. The van der Waals surface area contributed by atoms with Crippen LogP contribution in [0.2, 0.25) is 0 Å². The summed E-state index contributed by atoms with van der Waals surface area (Å²) in [5.41, 5.74) is 0.281. The first-order chi connectivity index (χ1) is 12.0. The van der Waals surface area contributed by atoms with E-state index in [9.17, 15) is 14.4 Å². The molecule has 0 radical (unpaired) electrons. The summed E-state index contributed by atoms with van der Waals surface area (Å²) < 4.78 is 6.49. The highest BCUT2D eigenvalue weighted by Crippen LogP contribution is 2.22. The van der Waals surface area contributed by atoms with Crippen LogP contribution in [0.3, 0.4) is 0 Å². The molecule has 0 atom stereocenters. The van der Waals surface area contributed by atoms with Crippen molar-refractivity contribution in [2.24, 2.45) is 0 Å². The molecule has 132 valence electrons. The van der Waals surface area contributed by atoms with Crippen molar-refractivity contribution in [3.63, 3.8) is 0 Å². The van der Waals surface area contributed by atoms with Crippen molar-refractivity contribution in [3.05, 3.63) is 59.0 Å². The molecule has 1 heterocycles. The van der Waals surface area contributed by atoms with E-state index in [2.05, 4.69) is 5.32 Å². The number of pyridine rings is 1. The molecule has 0 spiro atoms. The van der Waals surface area contributed by atoms with Crippen LogP contribution in [0.4, 0.5) is 5.69 Å². The fourth-order valence-corrected chi connectivity index (χ4v) is 2.32. The van der Waals surface area contributed by atoms with Crippen LogP contribution in [-0.4, -0.2) is 41.5 Å². The van der Waals surface area contributed by atoms with Crippen LogP contribution < -0.4 is 15.6 Å². The third-order valence-electron chi connectivity index (χ3n) is 3.65. The second-order valence-corrected chi connectivity index (χ2v) is 5.32. The Morgan fingerprint density at radius 1 is 1.16 bits per heavy atom. The van der Waals surface area contributed by atoms with Crippen LogP contribution in [0.15, 0.2) is 53.5 Å². The predicted molar refractivity (Wildman–Crippen MR) is 94.6 cm³/mol. The van der Waals surface area contributed by atoms with Crippen molar-refractivity contribution in [1.29, 1.82) is 0 Å². The van der Waals surface area contributed by atoms with Gasteiger partial charge in [0.25, 0.3) is 5.56 Å². The van der Waals surface area contributed by atoms with Gasteiger partial charge in [0.05, 0.1) is 19.3 Å². The van der Waals surface area contributed by atoms with Crippen molar-refractivity contribution >= 4 is 17.5 Å². The van der Waals surface area contributed by atoms with Gasteiger partial charge in [-0.05, 0) is 25.1 Å². The molecule has 0 unspecified atom stereocenters. The van der Waals surface area contributed by atoms with Gasteiger partial charge in [0.2, 0.25) is 11.8 Å². The molecule has 0 saturated carbocycles. The predicted octanol–water partition coefficient (Wildman–Crippen LogP) is 1.34. The van der Waals surface area contributed by atoms with E-state index in [1.54, 1.807) is 49.5 Å². The molecule has 1 aromatic heterocycles. The molecule has 2 rings (SSSR count). The van der Waals surface area contributed by atoms with Gasteiger partial charge in [0, 0.05) is 18.8 Å². The van der Waals surface area contributed by atoms with Crippen LogP contribution in [-0.2, 0) is 16.1 Å². The van der Waals surface area contributed by atoms with E-state index in [1.807, 2.05) is 0 Å². The zero-order valence-electron chi connectivity index (χ0n) is 14.3. The van der Waals surface area contributed by atoms with E-state index in [0.717, 1.165) is 0 Å². The normalized spacial score (nSPS) is 10.2. The number of nitrogens with zero attached hydrogens (tertiary/aromatic N) is 2. The quantitative estimate of drug-likeness (QED) is 0.823. The number of aromatic nitrogens is 1. The highest BCUT2D eigenvalue weighted by atomic mass is 16.5. The molecule has 1 N–H and O–H groups in total. The van der Waals surface area contributed by atoms with E-state index in [0.29, 0.717) is 18.0 Å². The van der Waals surface area contributed by atoms with Gasteiger partial charge in [-0.3, -0.25) is 14.4 Å². The average molecular weight is 343 g/mol. The highest BCUT2D eigenvalue weighted by Gasteiger charge is 2.17. The summed E-state index contributed by atoms with van der Waals surface area (Å²) in [6, 6.07) is 11.7. The lowest BCUT2D eigenvalue weighted by atomic mass is 10.3. The van der Waals surface area contributed by atoms with Crippen molar-refractivity contribution < 1.29 is 14.3 Å². The number of methoxy groups -OCH3 is 1. The molecule has 0 aliphatic rings. The van der Waals surface area contributed by atoms with E-state index in [-0.39, 0.29) is 30.5 Å². The molecule has 0 aliphatic heterocycles. The highest BCUT2D eigenvalue weighted by molar-refractivity contribution is 5.95. The molecule has 2 aromatic rings. The standard InChI is InChI=1S/C18H21N3O4/c1-3-20(18(24)13-21-11-7-6-10-17(21)23)12-16(22)19-14-8-4-5-9-15(14)25-2/h4-11H,3,12-13H2,1-2H3,(H,19,22). The van der Waals surface area contributed by atoms with Crippen molar-refractivity contribution in [2.75, 3.05) is 25.5 Å². The Kier molecular flexibility index (Phi) is 6.33. The monoisotopic (exact) mass is 343 g/mol. The molecule has 2 amide bonds. The van der Waals surface area contributed by atoms with Gasteiger partial charge in [-0.25, -0.2) is 0 Å². The molecular weight excluding hydrogens is 322 g/mol. The van der Waals surface area contributed by atoms with Crippen molar-refractivity contribution in [3.8, 4) is 5.75 Å². The zero-order chi connectivity index (χ0) is 18.2. The first kappa shape index (κ1) is 18.3. The SMILES string of the molecule is CCN(CC(=O)Nc1ccccc1OC)C(=O)Cn1ccccc1=O. The van der Waals surface area contributed by atoms with E-state index in [4.69, 9.17) is 4.74 Å². The fraction of sp³-hybridized carbons (Fsp3) is 0.278. The lowest BCUT2D eigenvalue weighted by Crippen LogP contribution is -2.40. The number of carbonyl (C=O) groups is 2. The number of benzene rings is 1. The summed E-state index contributed by atoms with van der Waals surface area (Å²) in [5, 5.41) is 2.73. The maximum Gasteiger partial charge on any atom is 0.250 e. The summed E-state index contributed by atoms with van der Waals surface area (Å²) >= 11 is 0. The first-order valence-corrected chi connectivity index (χ1v) is 7.91. The smallest absolute Gasteiger partial charge is 0.250 e. The molecule has 0 aliphatic carbocycles. The van der Waals surface area contributed by atoms with Crippen molar-refractivity contribution in [1.82, 2.24) is 9.47 Å². The summed E-state index contributed by atoms with van der Waals surface area (Å²) in [4.78, 5) is 37.7. The van der Waals surface area contributed by atoms with Gasteiger partial charge in [-0.2, -0.15) is 0 Å². The van der Waals surface area contributed by atoms with Crippen LogP contribution in [0.5, 0.6) is 5.75 Å². The first-order valence-electron chi connectivity index (χ1n) is 7.91. The second kappa shape index (κ2) is 8.68. The topological polar surface area (TPSA) is 80.6 Å². The molecule has 7 nitrogen and oxygen atoms in total. The van der Waals surface area contributed by atoms with Crippen LogP contribution >= 0.6 is 0 Å². The number of amides is 2. The van der Waals surface area contributed by atoms with E-state index in [1.165, 1.54) is 22.6 Å². The summed E-state index contributed by atoms with van der Waals surface area (Å²) in [7, 11) is 1.52. The number of hydrogen-bond donors (Lipinski definition) is 1. The number of hydrogen-bond acceptors (Lipinski definition) is 4. The minimum Gasteiger partial charge on any atom is -0.495 e.